The third-order valence-corrected chi connectivity index (χ3v) is 6.15. The molecule has 190 valence electrons. The number of carbonyl (C=O) groups is 2. The molecular weight excluding hydrogens is 450 g/mol. The fourth-order valence-electron chi connectivity index (χ4n) is 3.97. The number of amides is 1. The Morgan fingerprint density at radius 3 is 2.08 bits per heavy atom. The van der Waals surface area contributed by atoms with Crippen molar-refractivity contribution in [2.45, 2.75) is 58.6 Å². The number of benzene rings is 3. The molecule has 5 heteroatoms. The van der Waals surface area contributed by atoms with Crippen LogP contribution in [0.25, 0.3) is 0 Å². The maximum Gasteiger partial charge on any atom is 0.223 e. The summed E-state index contributed by atoms with van der Waals surface area (Å²) in [4.78, 5) is 26.2. The maximum atomic E-state index is 13.3. The van der Waals surface area contributed by atoms with Gasteiger partial charge in [-0.15, -0.1) is 0 Å². The molecule has 5 nitrogen and oxygen atoms in total. The first-order valence-electron chi connectivity index (χ1n) is 12.9. The Balaban J connectivity index is 1.63. The third-order valence-electron chi connectivity index (χ3n) is 6.15. The Morgan fingerprint density at radius 1 is 0.806 bits per heavy atom. The second kappa shape index (κ2) is 14.8. The van der Waals surface area contributed by atoms with Gasteiger partial charge in [0.05, 0.1) is 13.2 Å². The molecule has 3 aromatic carbocycles. The maximum absolute atomic E-state index is 13.3. The lowest BCUT2D eigenvalue weighted by molar-refractivity contribution is -0.131. The molecule has 36 heavy (non-hydrogen) atoms. The van der Waals surface area contributed by atoms with Gasteiger partial charge < -0.3 is 14.8 Å². The second-order valence-corrected chi connectivity index (χ2v) is 9.01. The van der Waals surface area contributed by atoms with Crippen LogP contribution < -0.4 is 10.1 Å². The van der Waals surface area contributed by atoms with Crippen LogP contribution in [0, 0.1) is 5.92 Å². The molecule has 1 amide bonds. The van der Waals surface area contributed by atoms with Gasteiger partial charge in [0.2, 0.25) is 5.91 Å². The van der Waals surface area contributed by atoms with Crippen LogP contribution in [-0.2, 0) is 27.4 Å². The monoisotopic (exact) mass is 487 g/mol. The van der Waals surface area contributed by atoms with E-state index in [2.05, 4.69) is 12.2 Å². The van der Waals surface area contributed by atoms with Gasteiger partial charge in [0.1, 0.15) is 17.5 Å². The van der Waals surface area contributed by atoms with E-state index in [0.717, 1.165) is 42.6 Å². The molecule has 0 heterocycles. The summed E-state index contributed by atoms with van der Waals surface area (Å²) in [5.41, 5.74) is 1.89. The molecule has 0 spiro atoms. The number of nitrogens with one attached hydrogen (secondary N) is 1. The number of ether oxygens (including phenoxy) is 2. The largest absolute Gasteiger partial charge is 0.457 e. The van der Waals surface area contributed by atoms with Crippen LogP contribution in [0.1, 0.15) is 50.7 Å². The average molecular weight is 488 g/mol. The van der Waals surface area contributed by atoms with E-state index < -0.39 is 6.04 Å². The number of hydrogen-bond acceptors (Lipinski definition) is 4. The number of para-hydroxylation sites is 1. The minimum absolute atomic E-state index is 0.0702. The smallest absolute Gasteiger partial charge is 0.223 e. The van der Waals surface area contributed by atoms with Gasteiger partial charge in [0.25, 0.3) is 0 Å². The van der Waals surface area contributed by atoms with Crippen molar-refractivity contribution >= 4 is 11.7 Å². The fraction of sp³-hybridized carbons (Fsp3) is 0.355. The topological polar surface area (TPSA) is 64.6 Å². The first-order valence-corrected chi connectivity index (χ1v) is 12.9. The molecule has 0 radical (unpaired) electrons. The van der Waals surface area contributed by atoms with Crippen LogP contribution in [0.3, 0.4) is 0 Å². The lowest BCUT2D eigenvalue weighted by atomic mass is 9.97. The summed E-state index contributed by atoms with van der Waals surface area (Å²) in [5, 5.41) is 2.99. The molecule has 0 bridgehead atoms. The van der Waals surface area contributed by atoms with Crippen molar-refractivity contribution in [2.75, 3.05) is 6.61 Å². The molecule has 3 rings (SSSR count). The number of rotatable bonds is 15. The number of carbonyl (C=O) groups excluding carboxylic acids is 2. The van der Waals surface area contributed by atoms with Gasteiger partial charge in [-0.25, -0.2) is 0 Å². The highest BCUT2D eigenvalue weighted by Crippen LogP contribution is 2.21. The van der Waals surface area contributed by atoms with Gasteiger partial charge in [0, 0.05) is 12.3 Å². The molecule has 0 aliphatic heterocycles. The van der Waals surface area contributed by atoms with Gasteiger partial charge in [-0.3, -0.25) is 9.59 Å². The van der Waals surface area contributed by atoms with E-state index in [9.17, 15) is 9.59 Å². The Bertz CT molecular complexity index is 1050. The zero-order chi connectivity index (χ0) is 25.6. The zero-order valence-corrected chi connectivity index (χ0v) is 21.3. The normalized spacial score (nSPS) is 12.5. The van der Waals surface area contributed by atoms with Crippen molar-refractivity contribution in [3.63, 3.8) is 0 Å². The van der Waals surface area contributed by atoms with E-state index in [1.54, 1.807) is 0 Å². The summed E-state index contributed by atoms with van der Waals surface area (Å²) in [5.74, 6) is 1.23. The van der Waals surface area contributed by atoms with Gasteiger partial charge in [-0.2, -0.15) is 0 Å². The summed E-state index contributed by atoms with van der Waals surface area (Å²) in [6.07, 6.45) is 3.81. The predicted octanol–water partition coefficient (Wildman–Crippen LogP) is 6.51. The summed E-state index contributed by atoms with van der Waals surface area (Å²) < 4.78 is 11.7. The summed E-state index contributed by atoms with van der Waals surface area (Å²) >= 11 is 0. The number of unbranched alkanes of at least 4 members (excludes halogenated alkanes) is 1. The SMILES string of the molecule is CCCCC(CC)C(=O)NC(COCc1ccccc1)C(=O)Cc1ccc(Oc2ccccc2)cc1. The van der Waals surface area contributed by atoms with Gasteiger partial charge in [-0.1, -0.05) is 87.4 Å². The lowest BCUT2D eigenvalue weighted by Crippen LogP contribution is -2.47. The van der Waals surface area contributed by atoms with E-state index in [4.69, 9.17) is 9.47 Å². The Kier molecular flexibility index (Phi) is 11.2. The minimum atomic E-state index is -0.697. The number of hydrogen-bond donors (Lipinski definition) is 1. The molecule has 0 aliphatic rings. The van der Waals surface area contributed by atoms with Crippen LogP contribution in [0.4, 0.5) is 0 Å². The number of ketones is 1. The van der Waals surface area contributed by atoms with Crippen molar-refractivity contribution in [2.24, 2.45) is 5.92 Å². The Hall–Kier alpha value is -3.44. The van der Waals surface area contributed by atoms with E-state index in [0.29, 0.717) is 12.4 Å². The molecule has 0 saturated heterocycles. The van der Waals surface area contributed by atoms with Gasteiger partial charge >= 0.3 is 0 Å². The quantitative estimate of drug-likeness (QED) is 0.265. The van der Waals surface area contributed by atoms with Crippen molar-refractivity contribution < 1.29 is 19.1 Å². The fourth-order valence-corrected chi connectivity index (χ4v) is 3.97. The first kappa shape index (κ1) is 27.2. The molecule has 1 N–H and O–H groups in total. The van der Waals surface area contributed by atoms with Crippen LogP contribution >= 0.6 is 0 Å². The molecule has 0 aliphatic carbocycles. The average Bonchev–Trinajstić information content (AvgIpc) is 2.91. The summed E-state index contributed by atoms with van der Waals surface area (Å²) in [6, 6.07) is 26.2. The van der Waals surface area contributed by atoms with Crippen molar-refractivity contribution in [3.05, 3.63) is 96.1 Å². The highest BCUT2D eigenvalue weighted by molar-refractivity contribution is 5.91. The molecule has 0 fully saturated rings. The standard InChI is InChI=1S/C31H37NO4/c1-3-5-14-26(4-2)31(34)32-29(23-35-22-25-12-8-6-9-13-25)30(33)21-24-17-19-28(20-18-24)36-27-15-10-7-11-16-27/h6-13,15-20,26,29H,3-5,14,21-23H2,1-2H3,(H,32,34). The first-order chi connectivity index (χ1) is 17.6. The Morgan fingerprint density at radius 2 is 1.44 bits per heavy atom. The minimum Gasteiger partial charge on any atom is -0.457 e. The van der Waals surface area contributed by atoms with Crippen LogP contribution in [0.15, 0.2) is 84.9 Å². The molecule has 2 atom stereocenters. The van der Waals surface area contributed by atoms with Crippen molar-refractivity contribution in [1.29, 1.82) is 0 Å². The Labute approximate surface area is 214 Å². The predicted molar refractivity (Wildman–Crippen MR) is 143 cm³/mol. The van der Waals surface area contributed by atoms with Gasteiger partial charge in [-0.05, 0) is 48.2 Å². The van der Waals surface area contributed by atoms with Crippen LogP contribution in [-0.4, -0.2) is 24.3 Å². The highest BCUT2D eigenvalue weighted by atomic mass is 16.5. The van der Waals surface area contributed by atoms with E-state index >= 15 is 0 Å². The van der Waals surface area contributed by atoms with E-state index in [1.165, 1.54) is 0 Å². The van der Waals surface area contributed by atoms with Crippen molar-refractivity contribution in [3.8, 4) is 11.5 Å². The van der Waals surface area contributed by atoms with E-state index in [1.807, 2.05) is 91.9 Å². The number of Topliss-reactive ketones (excluding diaryl/α,β-unsaturated/α-hetero) is 1. The zero-order valence-electron chi connectivity index (χ0n) is 21.3. The van der Waals surface area contributed by atoms with Gasteiger partial charge in [0.15, 0.2) is 5.78 Å². The molecular formula is C31H37NO4. The summed E-state index contributed by atoms with van der Waals surface area (Å²) in [6.45, 7) is 4.66. The molecule has 3 aromatic rings. The lowest BCUT2D eigenvalue weighted by Gasteiger charge is -2.22. The second-order valence-electron chi connectivity index (χ2n) is 9.01. The third kappa shape index (κ3) is 8.97. The highest BCUT2D eigenvalue weighted by Gasteiger charge is 2.25. The van der Waals surface area contributed by atoms with Crippen molar-refractivity contribution in [1.82, 2.24) is 5.32 Å². The van der Waals surface area contributed by atoms with Crippen LogP contribution in [0.5, 0.6) is 11.5 Å². The van der Waals surface area contributed by atoms with Crippen LogP contribution in [0.2, 0.25) is 0 Å². The molecule has 0 aromatic heterocycles. The molecule has 0 saturated carbocycles. The van der Waals surface area contributed by atoms with E-state index in [-0.39, 0.29) is 30.6 Å². The molecule has 2 unspecified atom stereocenters. The summed E-state index contributed by atoms with van der Waals surface area (Å²) in [7, 11) is 0.